The zero-order valence-electron chi connectivity index (χ0n) is 16.8. The summed E-state index contributed by atoms with van der Waals surface area (Å²) in [6.07, 6.45) is 0. The van der Waals surface area contributed by atoms with Gasteiger partial charge in [0.05, 0.1) is 112 Å². The van der Waals surface area contributed by atoms with Gasteiger partial charge in [0.25, 0.3) is 0 Å². The zero-order chi connectivity index (χ0) is 20.5. The first-order chi connectivity index (χ1) is 13.8. The number of rotatable bonds is 24. The summed E-state index contributed by atoms with van der Waals surface area (Å²) in [6.45, 7) is 5.91. The van der Waals surface area contributed by atoms with Gasteiger partial charge in [-0.05, 0) is 0 Å². The highest BCUT2D eigenvalue weighted by Gasteiger charge is 2.10. The van der Waals surface area contributed by atoms with Gasteiger partial charge < -0.3 is 48.5 Å². The molecule has 0 bridgehead atoms. The van der Waals surface area contributed by atoms with Gasteiger partial charge in [0.2, 0.25) is 0 Å². The van der Waals surface area contributed by atoms with Crippen LogP contribution in [0.2, 0.25) is 0 Å². The van der Waals surface area contributed by atoms with Gasteiger partial charge in [-0.2, -0.15) is 0 Å². The van der Waals surface area contributed by atoms with E-state index in [-0.39, 0.29) is 32.3 Å². The predicted octanol–water partition coefficient (Wildman–Crippen LogP) is -1.30. The van der Waals surface area contributed by atoms with Crippen molar-refractivity contribution in [3.05, 3.63) is 0 Å². The fraction of sp³-hybridized carbons (Fsp3) is 1.00. The summed E-state index contributed by atoms with van der Waals surface area (Å²) in [5.74, 6) is 0.0484. The molecule has 170 valence electrons. The molecule has 10 nitrogen and oxygen atoms in total. The molecule has 0 atom stereocenters. The van der Waals surface area contributed by atoms with E-state index < -0.39 is 0 Å². The van der Waals surface area contributed by atoms with Crippen molar-refractivity contribution in [2.24, 2.45) is 5.92 Å². The molecule has 0 radical (unpaired) electrons. The number of hydrogen-bond donors (Lipinski definition) is 3. The van der Waals surface area contributed by atoms with E-state index in [1.54, 1.807) is 0 Å². The predicted molar refractivity (Wildman–Crippen MR) is 100 cm³/mol. The minimum atomic E-state index is -0.0210. The van der Waals surface area contributed by atoms with Gasteiger partial charge in [-0.1, -0.05) is 0 Å². The SMILES string of the molecule is OCCOCCOCCOCC(COCCO)COCCOCCOCCO. The van der Waals surface area contributed by atoms with Gasteiger partial charge in [-0.15, -0.1) is 0 Å². The molecule has 0 aliphatic rings. The van der Waals surface area contributed by atoms with Crippen LogP contribution in [0.5, 0.6) is 0 Å². The Kier molecular flexibility index (Phi) is 24.3. The second kappa shape index (κ2) is 24.6. The first kappa shape index (κ1) is 27.6. The van der Waals surface area contributed by atoms with E-state index in [9.17, 15) is 0 Å². The lowest BCUT2D eigenvalue weighted by Crippen LogP contribution is -2.24. The fourth-order valence-electron chi connectivity index (χ4n) is 1.97. The molecule has 0 aliphatic carbocycles. The van der Waals surface area contributed by atoms with Crippen LogP contribution < -0.4 is 0 Å². The van der Waals surface area contributed by atoms with Gasteiger partial charge in [-0.3, -0.25) is 0 Å². The topological polar surface area (TPSA) is 125 Å². The summed E-state index contributed by atoms with van der Waals surface area (Å²) < 4.78 is 37.4. The molecule has 0 fully saturated rings. The molecule has 10 heteroatoms. The van der Waals surface area contributed by atoms with Crippen LogP contribution in [0.4, 0.5) is 0 Å². The normalized spacial score (nSPS) is 11.6. The largest absolute Gasteiger partial charge is 0.394 e. The third kappa shape index (κ3) is 21.9. The Hall–Kier alpha value is -0.400. The van der Waals surface area contributed by atoms with Gasteiger partial charge in [0, 0.05) is 5.92 Å². The van der Waals surface area contributed by atoms with E-state index in [4.69, 9.17) is 48.5 Å². The van der Waals surface area contributed by atoms with Crippen LogP contribution in [0.1, 0.15) is 0 Å². The van der Waals surface area contributed by atoms with Crippen LogP contribution in [0.25, 0.3) is 0 Å². The third-order valence-electron chi connectivity index (χ3n) is 3.26. The maximum Gasteiger partial charge on any atom is 0.0701 e. The summed E-state index contributed by atoms with van der Waals surface area (Å²) in [6, 6.07) is 0. The third-order valence-corrected chi connectivity index (χ3v) is 3.26. The summed E-state index contributed by atoms with van der Waals surface area (Å²) in [7, 11) is 0. The smallest absolute Gasteiger partial charge is 0.0701 e. The monoisotopic (exact) mass is 414 g/mol. The van der Waals surface area contributed by atoms with Crippen LogP contribution >= 0.6 is 0 Å². The van der Waals surface area contributed by atoms with Crippen molar-refractivity contribution in [3.63, 3.8) is 0 Å². The molecule has 0 heterocycles. The number of hydrogen-bond acceptors (Lipinski definition) is 10. The Morgan fingerprint density at radius 1 is 0.357 bits per heavy atom. The molecule has 0 aromatic heterocycles. The summed E-state index contributed by atoms with van der Waals surface area (Å²) >= 11 is 0. The fourth-order valence-corrected chi connectivity index (χ4v) is 1.97. The Labute approximate surface area is 167 Å². The van der Waals surface area contributed by atoms with E-state index >= 15 is 0 Å². The molecule has 28 heavy (non-hydrogen) atoms. The van der Waals surface area contributed by atoms with Gasteiger partial charge >= 0.3 is 0 Å². The first-order valence-electron chi connectivity index (χ1n) is 9.71. The van der Waals surface area contributed by atoms with Gasteiger partial charge in [0.15, 0.2) is 0 Å². The number of ether oxygens (including phenoxy) is 7. The molecular formula is C18H38O10. The van der Waals surface area contributed by atoms with Crippen molar-refractivity contribution in [3.8, 4) is 0 Å². The highest BCUT2D eigenvalue weighted by Crippen LogP contribution is 2.01. The average Bonchev–Trinajstić information content (AvgIpc) is 2.71. The molecule has 0 aromatic rings. The molecule has 3 N–H and O–H groups in total. The maximum absolute atomic E-state index is 8.81. The van der Waals surface area contributed by atoms with E-state index in [1.165, 1.54) is 0 Å². The number of aliphatic hydroxyl groups excluding tert-OH is 3. The number of aliphatic hydroxyl groups is 3. The standard InChI is InChI=1S/C18H38O10/c19-1-4-22-7-9-24-11-13-27-16-18(15-26-6-3-21)17-28-14-12-25-10-8-23-5-2-20/h18-21H,1-17H2. The van der Waals surface area contributed by atoms with Crippen molar-refractivity contribution >= 4 is 0 Å². The molecular weight excluding hydrogens is 376 g/mol. The second-order valence-corrected chi connectivity index (χ2v) is 5.71. The first-order valence-corrected chi connectivity index (χ1v) is 9.71. The van der Waals surface area contributed by atoms with Crippen LogP contribution in [-0.4, -0.2) is 128 Å². The molecule has 0 rings (SSSR count). The van der Waals surface area contributed by atoms with Crippen molar-refractivity contribution in [1.29, 1.82) is 0 Å². The van der Waals surface area contributed by atoms with Gasteiger partial charge in [-0.25, -0.2) is 0 Å². The molecule has 0 unspecified atom stereocenters. The van der Waals surface area contributed by atoms with Crippen LogP contribution in [0, 0.1) is 5.92 Å². The maximum atomic E-state index is 8.81. The molecule has 0 amide bonds. The van der Waals surface area contributed by atoms with Crippen LogP contribution in [0.15, 0.2) is 0 Å². The lowest BCUT2D eigenvalue weighted by molar-refractivity contribution is -0.0400. The highest BCUT2D eigenvalue weighted by molar-refractivity contribution is 4.56. The minimum Gasteiger partial charge on any atom is -0.394 e. The van der Waals surface area contributed by atoms with Gasteiger partial charge in [0.1, 0.15) is 0 Å². The summed E-state index contributed by atoms with van der Waals surface area (Å²) in [5, 5.41) is 26.0. The summed E-state index contributed by atoms with van der Waals surface area (Å²) in [4.78, 5) is 0. The van der Waals surface area contributed by atoms with E-state index in [2.05, 4.69) is 0 Å². The molecule has 0 spiro atoms. The Morgan fingerprint density at radius 3 is 0.964 bits per heavy atom. The Morgan fingerprint density at radius 2 is 0.607 bits per heavy atom. The Balaban J connectivity index is 3.62. The average molecular weight is 414 g/mol. The van der Waals surface area contributed by atoms with Crippen molar-refractivity contribution < 1.29 is 48.5 Å². The van der Waals surface area contributed by atoms with Crippen LogP contribution in [0.3, 0.4) is 0 Å². The minimum absolute atomic E-state index is 0.0100. The molecule has 0 saturated heterocycles. The van der Waals surface area contributed by atoms with E-state index in [1.807, 2.05) is 0 Å². The highest BCUT2D eigenvalue weighted by atomic mass is 16.6. The molecule has 0 saturated carbocycles. The molecule has 0 aromatic carbocycles. The van der Waals surface area contributed by atoms with Crippen LogP contribution in [-0.2, 0) is 33.2 Å². The quantitative estimate of drug-likeness (QED) is 0.164. The van der Waals surface area contributed by atoms with Crippen molar-refractivity contribution in [1.82, 2.24) is 0 Å². The van der Waals surface area contributed by atoms with Crippen molar-refractivity contribution in [2.75, 3.05) is 112 Å². The zero-order valence-corrected chi connectivity index (χ0v) is 16.8. The van der Waals surface area contributed by atoms with E-state index in [0.29, 0.717) is 85.9 Å². The lowest BCUT2D eigenvalue weighted by atomic mass is 10.2. The van der Waals surface area contributed by atoms with Crippen molar-refractivity contribution in [2.45, 2.75) is 0 Å². The van der Waals surface area contributed by atoms with E-state index in [0.717, 1.165) is 0 Å². The Bertz CT molecular complexity index is 261. The molecule has 0 aliphatic heterocycles. The lowest BCUT2D eigenvalue weighted by Gasteiger charge is -2.17. The second-order valence-electron chi connectivity index (χ2n) is 5.71. The summed E-state index contributed by atoms with van der Waals surface area (Å²) in [5.41, 5.74) is 0.